The van der Waals surface area contributed by atoms with Gasteiger partial charge in [0.25, 0.3) is 5.91 Å². The molecule has 0 bridgehead atoms. The largest absolute Gasteiger partial charge is 0.502 e. The van der Waals surface area contributed by atoms with Gasteiger partial charge in [0.15, 0.2) is 5.76 Å². The van der Waals surface area contributed by atoms with Crippen molar-refractivity contribution >= 4 is 5.91 Å². The van der Waals surface area contributed by atoms with Crippen molar-refractivity contribution in [3.05, 3.63) is 40.0 Å². The lowest BCUT2D eigenvalue weighted by molar-refractivity contribution is 0.0921. The molecule has 2 N–H and O–H groups in total. The SMILES string of the molecule is O=C(NCCC1=CCCCC1)c1ccc(O)c(=O)o1. The molecule has 0 saturated carbocycles. The summed E-state index contributed by atoms with van der Waals surface area (Å²) in [6, 6.07) is 2.44. The van der Waals surface area contributed by atoms with Crippen LogP contribution in [0.15, 0.2) is 33.0 Å². The second kappa shape index (κ2) is 6.22. The molecule has 0 atom stereocenters. The Hall–Kier alpha value is -2.04. The Balaban J connectivity index is 1.85. The molecular weight excluding hydrogens is 246 g/mol. The fraction of sp³-hybridized carbons (Fsp3) is 0.429. The van der Waals surface area contributed by atoms with Crippen molar-refractivity contribution in [1.29, 1.82) is 0 Å². The van der Waals surface area contributed by atoms with E-state index in [4.69, 9.17) is 5.11 Å². The molecule has 5 nitrogen and oxygen atoms in total. The zero-order chi connectivity index (χ0) is 13.7. The highest BCUT2D eigenvalue weighted by molar-refractivity contribution is 5.91. The predicted octanol–water partition coefficient (Wildman–Crippen LogP) is 1.97. The number of nitrogens with one attached hydrogen (secondary N) is 1. The minimum Gasteiger partial charge on any atom is -0.502 e. The van der Waals surface area contributed by atoms with Crippen LogP contribution < -0.4 is 10.9 Å². The average Bonchev–Trinajstić information content (AvgIpc) is 2.43. The smallest absolute Gasteiger partial charge is 0.378 e. The lowest BCUT2D eigenvalue weighted by atomic mass is 9.97. The van der Waals surface area contributed by atoms with Gasteiger partial charge in [0, 0.05) is 6.54 Å². The van der Waals surface area contributed by atoms with E-state index < -0.39 is 17.3 Å². The van der Waals surface area contributed by atoms with Crippen LogP contribution in [0.5, 0.6) is 5.75 Å². The molecule has 0 aliphatic heterocycles. The molecule has 102 valence electrons. The number of hydrogen-bond acceptors (Lipinski definition) is 4. The summed E-state index contributed by atoms with van der Waals surface area (Å²) in [5.41, 5.74) is 0.473. The van der Waals surface area contributed by atoms with Gasteiger partial charge in [-0.3, -0.25) is 4.79 Å². The van der Waals surface area contributed by atoms with Crippen molar-refractivity contribution in [1.82, 2.24) is 5.32 Å². The van der Waals surface area contributed by atoms with Gasteiger partial charge in [0.1, 0.15) is 0 Å². The molecule has 5 heteroatoms. The van der Waals surface area contributed by atoms with Gasteiger partial charge >= 0.3 is 5.63 Å². The molecule has 0 saturated heterocycles. The van der Waals surface area contributed by atoms with Gasteiger partial charge in [-0.1, -0.05) is 11.6 Å². The zero-order valence-electron chi connectivity index (χ0n) is 10.6. The highest BCUT2D eigenvalue weighted by Crippen LogP contribution is 2.19. The third kappa shape index (κ3) is 3.71. The third-order valence-electron chi connectivity index (χ3n) is 3.14. The first-order valence-electron chi connectivity index (χ1n) is 6.46. The Kier molecular flexibility index (Phi) is 4.39. The summed E-state index contributed by atoms with van der Waals surface area (Å²) in [4.78, 5) is 22.8. The molecule has 1 aromatic rings. The number of hydrogen-bond donors (Lipinski definition) is 2. The number of rotatable bonds is 4. The van der Waals surface area contributed by atoms with Crippen LogP contribution in [0.25, 0.3) is 0 Å². The number of carbonyl (C=O) groups excluding carboxylic acids is 1. The van der Waals surface area contributed by atoms with Crippen molar-refractivity contribution in [3.63, 3.8) is 0 Å². The average molecular weight is 263 g/mol. The van der Waals surface area contributed by atoms with Crippen molar-refractivity contribution in [3.8, 4) is 5.75 Å². The normalized spacial score (nSPS) is 14.8. The van der Waals surface area contributed by atoms with Gasteiger partial charge in [0.2, 0.25) is 5.75 Å². The Morgan fingerprint density at radius 3 is 2.89 bits per heavy atom. The molecule has 0 unspecified atom stereocenters. The monoisotopic (exact) mass is 263 g/mol. The van der Waals surface area contributed by atoms with Gasteiger partial charge < -0.3 is 14.8 Å². The molecular formula is C14H17NO4. The first kappa shape index (κ1) is 13.4. The number of amides is 1. The lowest BCUT2D eigenvalue weighted by Gasteiger charge is -2.12. The minimum atomic E-state index is -0.900. The van der Waals surface area contributed by atoms with Gasteiger partial charge in [-0.2, -0.15) is 0 Å². The highest BCUT2D eigenvalue weighted by atomic mass is 16.4. The molecule has 1 amide bonds. The van der Waals surface area contributed by atoms with Crippen LogP contribution in [0.4, 0.5) is 0 Å². The topological polar surface area (TPSA) is 79.5 Å². The lowest BCUT2D eigenvalue weighted by Crippen LogP contribution is -2.25. The van der Waals surface area contributed by atoms with Gasteiger partial charge in [-0.15, -0.1) is 0 Å². The summed E-state index contributed by atoms with van der Waals surface area (Å²) < 4.78 is 4.68. The Bertz CT molecular complexity index is 545. The van der Waals surface area contributed by atoms with Gasteiger partial charge in [-0.05, 0) is 44.2 Å². The van der Waals surface area contributed by atoms with Crippen molar-refractivity contribution < 1.29 is 14.3 Å². The molecule has 0 fully saturated rings. The van der Waals surface area contributed by atoms with Crippen LogP contribution >= 0.6 is 0 Å². The fourth-order valence-electron chi connectivity index (χ4n) is 2.09. The van der Waals surface area contributed by atoms with E-state index in [1.807, 2.05) is 0 Å². The summed E-state index contributed by atoms with van der Waals surface area (Å²) in [7, 11) is 0. The maximum absolute atomic E-state index is 11.7. The Morgan fingerprint density at radius 2 is 2.21 bits per heavy atom. The first-order valence-corrected chi connectivity index (χ1v) is 6.46. The van der Waals surface area contributed by atoms with Crippen LogP contribution in [0.1, 0.15) is 42.7 Å². The molecule has 0 spiro atoms. The summed E-state index contributed by atoms with van der Waals surface area (Å²) >= 11 is 0. The number of carbonyl (C=O) groups is 1. The van der Waals surface area contributed by atoms with Crippen LogP contribution in [-0.2, 0) is 0 Å². The van der Waals surface area contributed by atoms with E-state index in [0.717, 1.165) is 25.3 Å². The summed E-state index contributed by atoms with van der Waals surface area (Å²) in [5.74, 6) is -1.02. The van der Waals surface area contributed by atoms with E-state index in [1.165, 1.54) is 24.5 Å². The quantitative estimate of drug-likeness (QED) is 0.814. The molecule has 1 aromatic heterocycles. The summed E-state index contributed by atoms with van der Waals surface area (Å²) in [5, 5.41) is 11.7. The van der Waals surface area contributed by atoms with Gasteiger partial charge in [-0.25, -0.2) is 4.79 Å². The molecule has 1 aliphatic carbocycles. The second-order valence-corrected chi connectivity index (χ2v) is 4.59. The minimum absolute atomic E-state index is 0.0829. The standard InChI is InChI=1S/C14H17NO4/c16-11-6-7-12(19-14(11)18)13(17)15-9-8-10-4-2-1-3-5-10/h4,6-7,16H,1-3,5,8-9H2,(H,15,17). The highest BCUT2D eigenvalue weighted by Gasteiger charge is 2.11. The zero-order valence-corrected chi connectivity index (χ0v) is 10.6. The Labute approximate surface area is 110 Å². The van der Waals surface area contributed by atoms with E-state index in [0.29, 0.717) is 6.54 Å². The van der Waals surface area contributed by atoms with Crippen LogP contribution in [-0.4, -0.2) is 17.6 Å². The van der Waals surface area contributed by atoms with E-state index in [-0.39, 0.29) is 5.76 Å². The van der Waals surface area contributed by atoms with Crippen LogP contribution in [0.2, 0.25) is 0 Å². The molecule has 1 aliphatic rings. The molecule has 1 heterocycles. The van der Waals surface area contributed by atoms with Crippen molar-refractivity contribution in [2.45, 2.75) is 32.1 Å². The van der Waals surface area contributed by atoms with Crippen LogP contribution in [0.3, 0.4) is 0 Å². The van der Waals surface area contributed by atoms with Crippen LogP contribution in [0, 0.1) is 0 Å². The fourth-order valence-corrected chi connectivity index (χ4v) is 2.09. The van der Waals surface area contributed by atoms with E-state index in [2.05, 4.69) is 15.8 Å². The van der Waals surface area contributed by atoms with E-state index >= 15 is 0 Å². The molecule has 0 radical (unpaired) electrons. The number of allylic oxidation sites excluding steroid dienone is 1. The van der Waals surface area contributed by atoms with Crippen molar-refractivity contribution in [2.24, 2.45) is 0 Å². The summed E-state index contributed by atoms with van der Waals surface area (Å²) in [6.07, 6.45) is 7.74. The van der Waals surface area contributed by atoms with E-state index in [1.54, 1.807) is 0 Å². The third-order valence-corrected chi connectivity index (χ3v) is 3.14. The number of aromatic hydroxyl groups is 1. The molecule has 0 aromatic carbocycles. The van der Waals surface area contributed by atoms with Gasteiger partial charge in [0.05, 0.1) is 0 Å². The summed E-state index contributed by atoms with van der Waals surface area (Å²) in [6.45, 7) is 0.523. The van der Waals surface area contributed by atoms with Crippen molar-refractivity contribution in [2.75, 3.05) is 6.54 Å². The maximum Gasteiger partial charge on any atom is 0.378 e. The molecule has 2 rings (SSSR count). The maximum atomic E-state index is 11.7. The second-order valence-electron chi connectivity index (χ2n) is 4.59. The Morgan fingerprint density at radius 1 is 1.37 bits per heavy atom. The van der Waals surface area contributed by atoms with E-state index in [9.17, 15) is 9.59 Å². The first-order chi connectivity index (χ1) is 9.16. The predicted molar refractivity (Wildman–Crippen MR) is 70.1 cm³/mol. The molecule has 19 heavy (non-hydrogen) atoms.